The molecule has 0 unspecified atom stereocenters. The Morgan fingerprint density at radius 1 is 1.26 bits per heavy atom. The number of anilines is 2. The number of carbonyl (C=O) groups excluding carboxylic acids is 1. The van der Waals surface area contributed by atoms with Crippen LogP contribution in [-0.4, -0.2) is 11.7 Å². The van der Waals surface area contributed by atoms with Crippen molar-refractivity contribution in [3.8, 4) is 0 Å². The summed E-state index contributed by atoms with van der Waals surface area (Å²) in [6.45, 7) is 5.57. The fraction of sp³-hybridized carbons (Fsp3) is 0.312. The third-order valence-electron chi connectivity index (χ3n) is 2.70. The van der Waals surface area contributed by atoms with E-state index in [0.717, 1.165) is 0 Å². The minimum absolute atomic E-state index is 0.271. The lowest BCUT2D eigenvalue weighted by molar-refractivity contribution is 0.0636. The first-order valence-corrected chi connectivity index (χ1v) is 7.38. The summed E-state index contributed by atoms with van der Waals surface area (Å²) >= 11 is 5.70. The van der Waals surface area contributed by atoms with E-state index >= 15 is 0 Å². The molecule has 2 rings (SSSR count). The topological polar surface area (TPSA) is 63.5 Å². The molecule has 0 bridgehead atoms. The van der Waals surface area contributed by atoms with Gasteiger partial charge in [-0.25, -0.2) is 9.18 Å². The molecular weight excluding hydrogens is 323 g/mol. The predicted molar refractivity (Wildman–Crippen MR) is 87.3 cm³/mol. The Kier molecular flexibility index (Phi) is 5.15. The van der Waals surface area contributed by atoms with Crippen molar-refractivity contribution < 1.29 is 18.3 Å². The van der Waals surface area contributed by atoms with E-state index in [1.54, 1.807) is 32.9 Å². The van der Waals surface area contributed by atoms with Gasteiger partial charge in [0.15, 0.2) is 5.22 Å². The number of benzene rings is 1. The van der Waals surface area contributed by atoms with Gasteiger partial charge in [0.05, 0.1) is 17.9 Å². The SMILES string of the molecule is CC(C)(C)OC(=O)Nc1ccc(F)cc1NCc1ccc(Cl)o1. The van der Waals surface area contributed by atoms with Gasteiger partial charge in [0.25, 0.3) is 0 Å². The van der Waals surface area contributed by atoms with Gasteiger partial charge in [0, 0.05) is 0 Å². The second kappa shape index (κ2) is 6.91. The van der Waals surface area contributed by atoms with Crippen molar-refractivity contribution in [2.24, 2.45) is 0 Å². The van der Waals surface area contributed by atoms with Crippen LogP contribution in [0.3, 0.4) is 0 Å². The highest BCUT2D eigenvalue weighted by Gasteiger charge is 2.17. The second-order valence-electron chi connectivity index (χ2n) is 5.88. The molecule has 2 aromatic rings. The summed E-state index contributed by atoms with van der Waals surface area (Å²) in [5.41, 5.74) is 0.185. The van der Waals surface area contributed by atoms with Gasteiger partial charge >= 0.3 is 6.09 Å². The Balaban J connectivity index is 2.09. The minimum atomic E-state index is -0.622. The lowest BCUT2D eigenvalue weighted by Gasteiger charge is -2.20. The third-order valence-corrected chi connectivity index (χ3v) is 2.90. The molecule has 0 aliphatic rings. The van der Waals surface area contributed by atoms with E-state index < -0.39 is 17.5 Å². The molecule has 2 N–H and O–H groups in total. The van der Waals surface area contributed by atoms with E-state index in [1.807, 2.05) is 0 Å². The van der Waals surface area contributed by atoms with E-state index in [1.165, 1.54) is 18.2 Å². The van der Waals surface area contributed by atoms with Crippen molar-refractivity contribution in [2.75, 3.05) is 10.6 Å². The number of furan rings is 1. The number of rotatable bonds is 4. The number of nitrogens with one attached hydrogen (secondary N) is 2. The van der Waals surface area contributed by atoms with E-state index in [-0.39, 0.29) is 5.22 Å². The Bertz CT molecular complexity index is 695. The number of halogens is 2. The minimum Gasteiger partial charge on any atom is -0.448 e. The Morgan fingerprint density at radius 2 is 2.00 bits per heavy atom. The summed E-state index contributed by atoms with van der Waals surface area (Å²) in [4.78, 5) is 11.9. The molecule has 23 heavy (non-hydrogen) atoms. The molecule has 1 aromatic heterocycles. The molecule has 0 fully saturated rings. The van der Waals surface area contributed by atoms with Gasteiger partial charge in [0.1, 0.15) is 17.2 Å². The molecule has 0 saturated carbocycles. The van der Waals surface area contributed by atoms with Gasteiger partial charge in [0.2, 0.25) is 0 Å². The zero-order valence-electron chi connectivity index (χ0n) is 13.1. The molecule has 0 radical (unpaired) electrons. The van der Waals surface area contributed by atoms with Crippen LogP contribution in [0, 0.1) is 5.82 Å². The van der Waals surface area contributed by atoms with Crippen molar-refractivity contribution in [3.05, 3.63) is 47.1 Å². The molecule has 5 nitrogen and oxygen atoms in total. The average molecular weight is 341 g/mol. The second-order valence-corrected chi connectivity index (χ2v) is 6.25. The standard InChI is InChI=1S/C16H18ClFN2O3/c1-16(2,3)23-15(21)20-12-6-4-10(18)8-13(12)19-9-11-5-7-14(17)22-11/h4-8,19H,9H2,1-3H3,(H,20,21). The lowest BCUT2D eigenvalue weighted by Crippen LogP contribution is -2.27. The van der Waals surface area contributed by atoms with Gasteiger partial charge in [-0.05, 0) is 62.7 Å². The van der Waals surface area contributed by atoms with Gasteiger partial charge in [-0.2, -0.15) is 0 Å². The molecule has 7 heteroatoms. The van der Waals surface area contributed by atoms with E-state index in [0.29, 0.717) is 23.7 Å². The maximum Gasteiger partial charge on any atom is 0.412 e. The molecule has 124 valence electrons. The molecule has 0 saturated heterocycles. The fourth-order valence-corrected chi connectivity index (χ4v) is 1.98. The number of ether oxygens (including phenoxy) is 1. The molecular formula is C16H18ClFN2O3. The number of hydrogen-bond acceptors (Lipinski definition) is 4. The van der Waals surface area contributed by atoms with Crippen LogP contribution in [0.25, 0.3) is 0 Å². The highest BCUT2D eigenvalue weighted by atomic mass is 35.5. The maximum atomic E-state index is 13.5. The fourth-order valence-electron chi connectivity index (χ4n) is 1.81. The van der Waals surface area contributed by atoms with Crippen LogP contribution >= 0.6 is 11.6 Å². The van der Waals surface area contributed by atoms with Crippen molar-refractivity contribution >= 4 is 29.1 Å². The molecule has 0 aliphatic heterocycles. The summed E-state index contributed by atoms with van der Waals surface area (Å²) in [5.74, 6) is 0.155. The zero-order valence-corrected chi connectivity index (χ0v) is 13.8. The third kappa shape index (κ3) is 5.49. The molecule has 1 amide bonds. The lowest BCUT2D eigenvalue weighted by atomic mass is 10.2. The first-order chi connectivity index (χ1) is 10.7. The van der Waals surface area contributed by atoms with Crippen molar-refractivity contribution in [2.45, 2.75) is 32.9 Å². The highest BCUT2D eigenvalue weighted by molar-refractivity contribution is 6.28. The largest absolute Gasteiger partial charge is 0.448 e. The van der Waals surface area contributed by atoms with Gasteiger partial charge < -0.3 is 14.5 Å². The summed E-state index contributed by atoms with van der Waals surface area (Å²) in [5, 5.41) is 5.85. The average Bonchev–Trinajstić information content (AvgIpc) is 2.82. The van der Waals surface area contributed by atoms with Crippen molar-refractivity contribution in [3.63, 3.8) is 0 Å². The van der Waals surface area contributed by atoms with Crippen LogP contribution in [0.1, 0.15) is 26.5 Å². The number of hydrogen-bond donors (Lipinski definition) is 2. The predicted octanol–water partition coefficient (Wildman–Crippen LogP) is 5.03. The smallest absolute Gasteiger partial charge is 0.412 e. The summed E-state index contributed by atoms with van der Waals surface area (Å²) in [7, 11) is 0. The highest BCUT2D eigenvalue weighted by Crippen LogP contribution is 2.25. The maximum absolute atomic E-state index is 13.5. The normalized spacial score (nSPS) is 11.2. The van der Waals surface area contributed by atoms with Gasteiger partial charge in [-0.15, -0.1) is 0 Å². The quantitative estimate of drug-likeness (QED) is 0.819. The van der Waals surface area contributed by atoms with Crippen LogP contribution in [0.4, 0.5) is 20.6 Å². The summed E-state index contributed by atoms with van der Waals surface area (Å²) in [6.07, 6.45) is -0.617. The molecule has 1 aromatic carbocycles. The first kappa shape index (κ1) is 17.1. The molecule has 0 atom stereocenters. The van der Waals surface area contributed by atoms with Crippen LogP contribution < -0.4 is 10.6 Å². The monoisotopic (exact) mass is 340 g/mol. The van der Waals surface area contributed by atoms with Crippen LogP contribution in [0.2, 0.25) is 5.22 Å². The van der Waals surface area contributed by atoms with Crippen LogP contribution in [-0.2, 0) is 11.3 Å². The van der Waals surface area contributed by atoms with Crippen LogP contribution in [0.5, 0.6) is 0 Å². The number of amides is 1. The first-order valence-electron chi connectivity index (χ1n) is 7.00. The van der Waals surface area contributed by atoms with Gasteiger partial charge in [-0.3, -0.25) is 5.32 Å². The van der Waals surface area contributed by atoms with Crippen molar-refractivity contribution in [1.82, 2.24) is 0 Å². The molecule has 1 heterocycles. The summed E-state index contributed by atoms with van der Waals surface area (Å²) < 4.78 is 23.9. The Hall–Kier alpha value is -2.21. The number of carbonyl (C=O) groups is 1. The van der Waals surface area contributed by atoms with E-state index in [4.69, 9.17) is 20.8 Å². The van der Waals surface area contributed by atoms with Crippen molar-refractivity contribution in [1.29, 1.82) is 0 Å². The van der Waals surface area contributed by atoms with E-state index in [9.17, 15) is 9.18 Å². The molecule has 0 spiro atoms. The zero-order chi connectivity index (χ0) is 17.0. The summed E-state index contributed by atoms with van der Waals surface area (Å²) in [6, 6.07) is 7.30. The Labute approximate surface area is 138 Å². The van der Waals surface area contributed by atoms with Crippen LogP contribution in [0.15, 0.2) is 34.7 Å². The van der Waals surface area contributed by atoms with E-state index in [2.05, 4.69) is 10.6 Å². The van der Waals surface area contributed by atoms with Gasteiger partial charge in [-0.1, -0.05) is 0 Å². The molecule has 0 aliphatic carbocycles. The Morgan fingerprint density at radius 3 is 2.61 bits per heavy atom.